The maximum absolute atomic E-state index is 13.1. The second-order valence-electron chi connectivity index (χ2n) is 10.0. The molecule has 0 saturated carbocycles. The Kier molecular flexibility index (Phi) is 8.56. The molecule has 0 fully saturated rings. The van der Waals surface area contributed by atoms with Crippen LogP contribution in [0.4, 0.5) is 4.39 Å². The van der Waals surface area contributed by atoms with E-state index in [9.17, 15) is 24.5 Å². The van der Waals surface area contributed by atoms with E-state index in [2.05, 4.69) is 5.32 Å². The Labute approximate surface area is 207 Å². The van der Waals surface area contributed by atoms with Crippen LogP contribution in [-0.2, 0) is 11.2 Å². The van der Waals surface area contributed by atoms with Crippen molar-refractivity contribution in [1.82, 2.24) is 10.2 Å². The Morgan fingerprint density at radius 2 is 1.80 bits per heavy atom. The van der Waals surface area contributed by atoms with E-state index in [0.29, 0.717) is 30.6 Å². The number of carbonyl (C=O) groups excluding carboxylic acids is 1. The average Bonchev–Trinajstić information content (AvgIpc) is 2.79. The van der Waals surface area contributed by atoms with Crippen LogP contribution in [0.15, 0.2) is 42.0 Å². The molecule has 190 valence electrons. The van der Waals surface area contributed by atoms with Gasteiger partial charge in [0, 0.05) is 20.1 Å². The number of aromatic hydroxyl groups is 2. The largest absolute Gasteiger partial charge is 0.507 e. The van der Waals surface area contributed by atoms with Crippen LogP contribution in [0.1, 0.15) is 62.6 Å². The lowest BCUT2D eigenvalue weighted by atomic mass is 9.83. The lowest BCUT2D eigenvalue weighted by Gasteiger charge is -2.35. The van der Waals surface area contributed by atoms with E-state index in [4.69, 9.17) is 0 Å². The number of halogens is 1. The van der Waals surface area contributed by atoms with Gasteiger partial charge < -0.3 is 20.6 Å². The van der Waals surface area contributed by atoms with E-state index in [-0.39, 0.29) is 35.7 Å². The number of carbonyl (C=O) groups is 1. The number of aliphatic hydroxyl groups is 1. The molecule has 0 aromatic heterocycles. The van der Waals surface area contributed by atoms with Crippen molar-refractivity contribution in [2.75, 3.05) is 26.7 Å². The minimum atomic E-state index is -1.13. The third-order valence-corrected chi connectivity index (χ3v) is 6.81. The van der Waals surface area contributed by atoms with Crippen LogP contribution in [0.25, 0.3) is 5.57 Å². The van der Waals surface area contributed by atoms with Crippen molar-refractivity contribution in [2.24, 2.45) is 0 Å². The molecule has 1 amide bonds. The number of nitrogens with one attached hydrogen (secondary N) is 1. The van der Waals surface area contributed by atoms with Gasteiger partial charge in [0.2, 0.25) is 5.91 Å². The van der Waals surface area contributed by atoms with Crippen molar-refractivity contribution < 1.29 is 24.5 Å². The van der Waals surface area contributed by atoms with Crippen molar-refractivity contribution >= 4 is 11.5 Å². The number of amides is 1. The second kappa shape index (κ2) is 11.2. The molecular weight excluding hydrogens is 447 g/mol. The summed E-state index contributed by atoms with van der Waals surface area (Å²) in [6, 6.07) is 9.88. The molecule has 1 aliphatic rings. The molecular formula is C28H37FN2O4. The van der Waals surface area contributed by atoms with Crippen molar-refractivity contribution in [3.05, 3.63) is 64.5 Å². The molecule has 4 N–H and O–H groups in total. The summed E-state index contributed by atoms with van der Waals surface area (Å²) in [5.41, 5.74) is 2.48. The molecule has 1 atom stereocenters. The zero-order valence-electron chi connectivity index (χ0n) is 21.1. The maximum atomic E-state index is 13.1. The molecule has 0 spiro atoms. The highest BCUT2D eigenvalue weighted by Crippen LogP contribution is 2.43. The van der Waals surface area contributed by atoms with Gasteiger partial charge in [-0.25, -0.2) is 4.39 Å². The van der Waals surface area contributed by atoms with Crippen LogP contribution in [-0.4, -0.2) is 58.4 Å². The number of hydrogen-bond acceptors (Lipinski definition) is 5. The first-order valence-corrected chi connectivity index (χ1v) is 12.2. The van der Waals surface area contributed by atoms with Crippen LogP contribution in [0.3, 0.4) is 0 Å². The van der Waals surface area contributed by atoms with E-state index in [0.717, 1.165) is 36.0 Å². The van der Waals surface area contributed by atoms with E-state index < -0.39 is 5.60 Å². The normalized spacial score (nSPS) is 15.8. The summed E-state index contributed by atoms with van der Waals surface area (Å²) >= 11 is 0. The first-order valence-electron chi connectivity index (χ1n) is 12.2. The topological polar surface area (TPSA) is 93.0 Å². The monoisotopic (exact) mass is 484 g/mol. The number of benzene rings is 2. The Bertz CT molecular complexity index is 1050. The molecule has 1 unspecified atom stereocenters. The number of rotatable bonds is 9. The van der Waals surface area contributed by atoms with Crippen LogP contribution >= 0.6 is 0 Å². The predicted molar refractivity (Wildman–Crippen MR) is 136 cm³/mol. The fourth-order valence-electron chi connectivity index (χ4n) is 4.80. The van der Waals surface area contributed by atoms with Crippen molar-refractivity contribution in [3.8, 4) is 11.5 Å². The zero-order valence-corrected chi connectivity index (χ0v) is 21.1. The molecule has 1 aliphatic heterocycles. The number of nitrogens with zero attached hydrogens (tertiary/aromatic N) is 1. The summed E-state index contributed by atoms with van der Waals surface area (Å²) in [7, 11) is 1.59. The maximum Gasteiger partial charge on any atom is 0.233 e. The predicted octanol–water partition coefficient (Wildman–Crippen LogP) is 4.34. The summed E-state index contributed by atoms with van der Waals surface area (Å²) in [6.07, 6.45) is 3.07. The summed E-state index contributed by atoms with van der Waals surface area (Å²) in [6.45, 7) is 6.57. The van der Waals surface area contributed by atoms with E-state index in [1.54, 1.807) is 45.2 Å². The van der Waals surface area contributed by atoms with Crippen molar-refractivity contribution in [2.45, 2.75) is 58.0 Å². The van der Waals surface area contributed by atoms with E-state index >= 15 is 0 Å². The highest BCUT2D eigenvalue weighted by atomic mass is 19.1. The fourth-order valence-corrected chi connectivity index (χ4v) is 4.80. The summed E-state index contributed by atoms with van der Waals surface area (Å²) in [5, 5.41) is 35.4. The molecule has 0 aliphatic carbocycles. The third-order valence-electron chi connectivity index (χ3n) is 6.81. The van der Waals surface area contributed by atoms with Crippen LogP contribution in [0, 0.1) is 5.82 Å². The smallest absolute Gasteiger partial charge is 0.233 e. The second-order valence-corrected chi connectivity index (χ2v) is 10.0. The molecule has 2 aromatic rings. The van der Waals surface area contributed by atoms with Gasteiger partial charge in [-0.15, -0.1) is 0 Å². The first kappa shape index (κ1) is 26.7. The zero-order chi connectivity index (χ0) is 25.8. The minimum Gasteiger partial charge on any atom is -0.507 e. The Hall–Kier alpha value is -2.90. The van der Waals surface area contributed by atoms with Gasteiger partial charge >= 0.3 is 0 Å². The van der Waals surface area contributed by atoms with Gasteiger partial charge in [0.15, 0.2) is 0 Å². The van der Waals surface area contributed by atoms with Gasteiger partial charge in [-0.05, 0) is 92.0 Å². The molecule has 0 bridgehead atoms. The lowest BCUT2D eigenvalue weighted by molar-refractivity contribution is -0.121. The standard InChI is InChI=1S/C28H37FN2O4/c1-18(6-5-7-19-8-10-21(29)11-9-19)20-14-24(32)27(25(33)15-20)22-16-31(17-26(34)30-4)13-12-23(22)28(2,3)35/h8-11,14-15,18,32-33,35H,5-7,12-13,16-17H2,1-4H3,(H,30,34). The first-order chi connectivity index (χ1) is 16.5. The average molecular weight is 485 g/mol. The number of phenolic OH excluding ortho intramolecular Hbond substituents is 2. The Morgan fingerprint density at radius 3 is 2.37 bits per heavy atom. The fraction of sp³-hybridized carbons (Fsp3) is 0.464. The van der Waals surface area contributed by atoms with Gasteiger partial charge in [0.25, 0.3) is 0 Å². The molecule has 0 radical (unpaired) electrons. The highest BCUT2D eigenvalue weighted by molar-refractivity contribution is 5.82. The number of hydrogen-bond donors (Lipinski definition) is 4. The Balaban J connectivity index is 1.81. The van der Waals surface area contributed by atoms with E-state index in [1.807, 2.05) is 11.8 Å². The molecule has 2 aromatic carbocycles. The van der Waals surface area contributed by atoms with Gasteiger partial charge in [-0.3, -0.25) is 9.69 Å². The summed E-state index contributed by atoms with van der Waals surface area (Å²) in [5.74, 6) is -0.340. The SMILES string of the molecule is CNC(=O)CN1CCC(C(C)(C)O)=C(c2c(O)cc(C(C)CCCc3ccc(F)cc3)cc2O)C1. The minimum absolute atomic E-state index is 0.0380. The van der Waals surface area contributed by atoms with Crippen LogP contribution in [0.2, 0.25) is 0 Å². The molecule has 7 heteroatoms. The van der Waals surface area contributed by atoms with Crippen LogP contribution in [0.5, 0.6) is 11.5 Å². The molecule has 3 rings (SSSR count). The molecule has 0 saturated heterocycles. The molecule has 1 heterocycles. The van der Waals surface area contributed by atoms with Crippen molar-refractivity contribution in [1.29, 1.82) is 0 Å². The van der Waals surface area contributed by atoms with E-state index in [1.165, 1.54) is 12.1 Å². The quantitative estimate of drug-likeness (QED) is 0.425. The summed E-state index contributed by atoms with van der Waals surface area (Å²) < 4.78 is 13.1. The number of phenols is 2. The Morgan fingerprint density at radius 1 is 1.17 bits per heavy atom. The van der Waals surface area contributed by atoms with Gasteiger partial charge in [0.05, 0.1) is 17.7 Å². The van der Waals surface area contributed by atoms with Gasteiger partial charge in [-0.1, -0.05) is 19.1 Å². The van der Waals surface area contributed by atoms with Gasteiger partial charge in [-0.2, -0.15) is 0 Å². The number of likely N-dealkylation sites (N-methyl/N-ethyl adjacent to an activating group) is 1. The van der Waals surface area contributed by atoms with Gasteiger partial charge in [0.1, 0.15) is 17.3 Å². The lowest BCUT2D eigenvalue weighted by Crippen LogP contribution is -2.41. The third kappa shape index (κ3) is 6.83. The molecule has 35 heavy (non-hydrogen) atoms. The summed E-state index contributed by atoms with van der Waals surface area (Å²) in [4.78, 5) is 13.9. The highest BCUT2D eigenvalue weighted by Gasteiger charge is 2.32. The van der Waals surface area contributed by atoms with Crippen LogP contribution < -0.4 is 5.32 Å². The molecule has 6 nitrogen and oxygen atoms in total. The number of aryl methyl sites for hydroxylation is 1. The van der Waals surface area contributed by atoms with Crippen molar-refractivity contribution in [3.63, 3.8) is 0 Å².